The lowest BCUT2D eigenvalue weighted by Gasteiger charge is -2.32. The molecule has 0 saturated carbocycles. The molecule has 2 aromatic rings. The second-order valence-electron chi connectivity index (χ2n) is 6.21. The predicted molar refractivity (Wildman–Crippen MR) is 89.5 cm³/mol. The zero-order valence-electron chi connectivity index (χ0n) is 13.1. The number of H-pyrrole nitrogens is 1. The monoisotopic (exact) mass is 285 g/mol. The second-order valence-corrected chi connectivity index (χ2v) is 6.21. The van der Waals surface area contributed by atoms with E-state index in [1.807, 2.05) is 6.20 Å². The van der Waals surface area contributed by atoms with Crippen LogP contribution in [0.5, 0.6) is 0 Å². The van der Waals surface area contributed by atoms with Gasteiger partial charge in [-0.15, -0.1) is 0 Å². The molecule has 0 aliphatic carbocycles. The minimum Gasteiger partial charge on any atom is -0.361 e. The molecule has 21 heavy (non-hydrogen) atoms. The molecule has 0 atom stereocenters. The third kappa shape index (κ3) is 3.66. The average Bonchev–Trinajstić information content (AvgIpc) is 3.01. The summed E-state index contributed by atoms with van der Waals surface area (Å²) in [5.74, 6) is 0. The normalized spacial score (nSPS) is 17.6. The Morgan fingerprint density at radius 3 is 2.90 bits per heavy atom. The van der Waals surface area contributed by atoms with Crippen LogP contribution >= 0.6 is 0 Å². The Kier molecular flexibility index (Phi) is 4.94. The first kappa shape index (κ1) is 14.6. The zero-order chi connectivity index (χ0) is 14.5. The molecule has 2 N–H and O–H groups in total. The van der Waals surface area contributed by atoms with Crippen molar-refractivity contribution in [3.63, 3.8) is 0 Å². The smallest absolute Gasteiger partial charge is 0.0457 e. The summed E-state index contributed by atoms with van der Waals surface area (Å²) in [6.45, 7) is 7.05. The van der Waals surface area contributed by atoms with E-state index in [1.54, 1.807) is 0 Å². The summed E-state index contributed by atoms with van der Waals surface area (Å²) in [5.41, 5.74) is 2.64. The highest BCUT2D eigenvalue weighted by atomic mass is 15.1. The van der Waals surface area contributed by atoms with Crippen LogP contribution in [-0.2, 0) is 6.54 Å². The Bertz CT molecular complexity index is 552. The van der Waals surface area contributed by atoms with Crippen LogP contribution in [0.25, 0.3) is 10.9 Å². The molecule has 0 radical (unpaired) electrons. The fraction of sp³-hybridized carbons (Fsp3) is 0.556. The number of likely N-dealkylation sites (tertiary alicyclic amines) is 1. The van der Waals surface area contributed by atoms with Gasteiger partial charge in [0.25, 0.3) is 0 Å². The van der Waals surface area contributed by atoms with Crippen LogP contribution in [0.2, 0.25) is 0 Å². The Hall–Kier alpha value is -1.32. The van der Waals surface area contributed by atoms with Gasteiger partial charge in [-0.25, -0.2) is 0 Å². The zero-order valence-corrected chi connectivity index (χ0v) is 13.1. The number of rotatable bonds is 6. The largest absolute Gasteiger partial charge is 0.361 e. The summed E-state index contributed by atoms with van der Waals surface area (Å²) in [7, 11) is 0. The number of aromatic amines is 1. The summed E-state index contributed by atoms with van der Waals surface area (Å²) in [6.07, 6.45) is 7.24. The molecule has 2 heterocycles. The number of piperidine rings is 1. The minimum atomic E-state index is 0.678. The highest BCUT2D eigenvalue weighted by molar-refractivity contribution is 5.82. The van der Waals surface area contributed by atoms with Crippen LogP contribution in [0.1, 0.15) is 38.2 Å². The molecule has 3 rings (SSSR count). The highest BCUT2D eigenvalue weighted by Gasteiger charge is 2.18. The number of hydrogen-bond acceptors (Lipinski definition) is 2. The van der Waals surface area contributed by atoms with Gasteiger partial charge in [-0.1, -0.05) is 25.5 Å². The van der Waals surface area contributed by atoms with Crippen molar-refractivity contribution in [1.29, 1.82) is 0 Å². The van der Waals surface area contributed by atoms with Crippen molar-refractivity contribution < 1.29 is 0 Å². The fourth-order valence-electron chi connectivity index (χ4n) is 3.30. The van der Waals surface area contributed by atoms with Gasteiger partial charge in [0.2, 0.25) is 0 Å². The molecule has 0 unspecified atom stereocenters. The summed E-state index contributed by atoms with van der Waals surface area (Å²) in [6, 6.07) is 9.38. The molecule has 1 saturated heterocycles. The van der Waals surface area contributed by atoms with Crippen molar-refractivity contribution in [2.75, 3.05) is 19.6 Å². The molecule has 0 amide bonds. The minimum absolute atomic E-state index is 0.678. The van der Waals surface area contributed by atoms with Crippen molar-refractivity contribution in [3.8, 4) is 0 Å². The van der Waals surface area contributed by atoms with E-state index in [2.05, 4.69) is 46.4 Å². The first-order valence-corrected chi connectivity index (χ1v) is 8.37. The quantitative estimate of drug-likeness (QED) is 0.851. The van der Waals surface area contributed by atoms with E-state index in [4.69, 9.17) is 0 Å². The molecular formula is C18H27N3. The summed E-state index contributed by atoms with van der Waals surface area (Å²) >= 11 is 0. The number of unbranched alkanes of at least 4 members (excludes halogenated alkanes) is 1. The number of fused-ring (bicyclic) bond motifs is 1. The Morgan fingerprint density at radius 2 is 2.10 bits per heavy atom. The summed E-state index contributed by atoms with van der Waals surface area (Å²) in [5, 5.41) is 5.11. The van der Waals surface area contributed by atoms with Gasteiger partial charge >= 0.3 is 0 Å². The van der Waals surface area contributed by atoms with E-state index >= 15 is 0 Å². The van der Waals surface area contributed by atoms with Crippen molar-refractivity contribution in [2.45, 2.75) is 45.2 Å². The molecule has 0 bridgehead atoms. The molecule has 1 aliphatic rings. The first-order valence-electron chi connectivity index (χ1n) is 8.37. The Labute approximate surface area is 127 Å². The van der Waals surface area contributed by atoms with Crippen molar-refractivity contribution >= 4 is 10.9 Å². The molecule has 1 aliphatic heterocycles. The molecule has 1 aromatic heterocycles. The molecule has 1 aromatic carbocycles. The maximum Gasteiger partial charge on any atom is 0.0457 e. The van der Waals surface area contributed by atoms with Crippen molar-refractivity contribution in [3.05, 3.63) is 36.0 Å². The lowest BCUT2D eigenvalue weighted by molar-refractivity contribution is 0.195. The Balaban J connectivity index is 1.49. The maximum absolute atomic E-state index is 3.76. The van der Waals surface area contributed by atoms with Crippen molar-refractivity contribution in [1.82, 2.24) is 15.2 Å². The van der Waals surface area contributed by atoms with E-state index in [0.717, 1.165) is 6.54 Å². The van der Waals surface area contributed by atoms with Crippen LogP contribution in [0.4, 0.5) is 0 Å². The van der Waals surface area contributed by atoms with E-state index in [1.165, 1.54) is 61.8 Å². The van der Waals surface area contributed by atoms with Crippen LogP contribution in [0.15, 0.2) is 30.5 Å². The summed E-state index contributed by atoms with van der Waals surface area (Å²) < 4.78 is 0. The van der Waals surface area contributed by atoms with Crippen LogP contribution in [0.3, 0.4) is 0 Å². The molecular weight excluding hydrogens is 258 g/mol. The fourth-order valence-corrected chi connectivity index (χ4v) is 3.30. The number of aromatic nitrogens is 1. The van der Waals surface area contributed by atoms with Crippen LogP contribution in [-0.4, -0.2) is 35.6 Å². The van der Waals surface area contributed by atoms with Gasteiger partial charge in [-0.2, -0.15) is 0 Å². The third-order valence-electron chi connectivity index (χ3n) is 4.68. The maximum atomic E-state index is 3.76. The van der Waals surface area contributed by atoms with Crippen LogP contribution in [0, 0.1) is 0 Å². The van der Waals surface area contributed by atoms with E-state index in [0.29, 0.717) is 6.04 Å². The number of nitrogens with zero attached hydrogens (tertiary/aromatic N) is 1. The predicted octanol–water partition coefficient (Wildman–Crippen LogP) is 3.52. The van der Waals surface area contributed by atoms with E-state index in [9.17, 15) is 0 Å². The lowest BCUT2D eigenvalue weighted by Crippen LogP contribution is -2.42. The number of hydrogen-bond donors (Lipinski definition) is 2. The molecule has 114 valence electrons. The third-order valence-corrected chi connectivity index (χ3v) is 4.68. The van der Waals surface area contributed by atoms with Gasteiger partial charge in [0, 0.05) is 29.7 Å². The number of benzene rings is 1. The standard InChI is InChI=1S/C18H27N3/c1-2-3-11-21-12-8-16(9-13-21)20-14-15-5-4-6-18-17(15)7-10-19-18/h4-7,10,16,19-20H,2-3,8-9,11-14H2,1H3. The van der Waals surface area contributed by atoms with E-state index in [-0.39, 0.29) is 0 Å². The SMILES string of the molecule is CCCCN1CCC(NCc2cccc3[nH]ccc23)CC1. The van der Waals surface area contributed by atoms with Gasteiger partial charge < -0.3 is 15.2 Å². The van der Waals surface area contributed by atoms with E-state index < -0.39 is 0 Å². The number of nitrogens with one attached hydrogen (secondary N) is 2. The molecule has 1 fully saturated rings. The van der Waals surface area contributed by atoms with Gasteiger partial charge in [0.1, 0.15) is 0 Å². The Morgan fingerprint density at radius 1 is 1.24 bits per heavy atom. The second kappa shape index (κ2) is 7.10. The highest BCUT2D eigenvalue weighted by Crippen LogP contribution is 2.18. The van der Waals surface area contributed by atoms with Gasteiger partial charge in [-0.05, 0) is 56.6 Å². The van der Waals surface area contributed by atoms with Gasteiger partial charge in [0.15, 0.2) is 0 Å². The first-order chi connectivity index (χ1) is 10.4. The lowest BCUT2D eigenvalue weighted by atomic mass is 10.0. The topological polar surface area (TPSA) is 31.1 Å². The molecule has 3 nitrogen and oxygen atoms in total. The average molecular weight is 285 g/mol. The van der Waals surface area contributed by atoms with Gasteiger partial charge in [0.05, 0.1) is 0 Å². The molecule has 3 heteroatoms. The van der Waals surface area contributed by atoms with Crippen molar-refractivity contribution in [2.24, 2.45) is 0 Å². The molecule has 0 spiro atoms. The summed E-state index contributed by atoms with van der Waals surface area (Å²) in [4.78, 5) is 5.91. The van der Waals surface area contributed by atoms with Crippen LogP contribution < -0.4 is 5.32 Å². The van der Waals surface area contributed by atoms with Gasteiger partial charge in [-0.3, -0.25) is 0 Å².